The van der Waals surface area contributed by atoms with Crippen molar-refractivity contribution >= 4 is 28.4 Å². The van der Waals surface area contributed by atoms with Crippen LogP contribution in [0.5, 0.6) is 0 Å². The molecule has 0 saturated carbocycles. The molecule has 0 radical (unpaired) electrons. The van der Waals surface area contributed by atoms with Gasteiger partial charge in [-0.2, -0.15) is 0 Å². The molecule has 43 heavy (non-hydrogen) atoms. The molecule has 0 saturated heterocycles. The van der Waals surface area contributed by atoms with Crippen molar-refractivity contribution in [3.63, 3.8) is 0 Å². The lowest BCUT2D eigenvalue weighted by atomic mass is 9.67. The molecule has 0 spiro atoms. The van der Waals surface area contributed by atoms with Crippen molar-refractivity contribution in [2.75, 3.05) is 18.0 Å². The fourth-order valence-electron chi connectivity index (χ4n) is 8.32. The van der Waals surface area contributed by atoms with Gasteiger partial charge in [-0.1, -0.05) is 38.1 Å². The summed E-state index contributed by atoms with van der Waals surface area (Å²) in [5.41, 5.74) is 11.4. The highest BCUT2D eigenvalue weighted by Crippen LogP contribution is 2.47. The van der Waals surface area contributed by atoms with E-state index in [9.17, 15) is 9.90 Å². The first-order valence-electron chi connectivity index (χ1n) is 15.7. The minimum atomic E-state index is -0.906. The Kier molecular flexibility index (Phi) is 6.47. The van der Waals surface area contributed by atoms with E-state index < -0.39 is 5.97 Å². The van der Waals surface area contributed by atoms with Crippen molar-refractivity contribution in [3.05, 3.63) is 110 Å². The van der Waals surface area contributed by atoms with Crippen molar-refractivity contribution in [3.8, 4) is 0 Å². The van der Waals surface area contributed by atoms with Gasteiger partial charge in [-0.3, -0.25) is 0 Å². The van der Waals surface area contributed by atoms with Gasteiger partial charge in [-0.05, 0) is 116 Å². The molecular weight excluding hydrogens is 528 g/mol. The van der Waals surface area contributed by atoms with Crippen molar-refractivity contribution in [2.45, 2.75) is 85.7 Å². The molecule has 0 bridgehead atoms. The summed E-state index contributed by atoms with van der Waals surface area (Å²) in [6.07, 6.45) is 4.73. The van der Waals surface area contributed by atoms with Crippen LogP contribution in [0.25, 0.3) is 16.7 Å². The molecule has 3 aromatic rings. The molecule has 4 nitrogen and oxygen atoms in total. The van der Waals surface area contributed by atoms with E-state index in [4.69, 9.17) is 0 Å². The van der Waals surface area contributed by atoms with Crippen LogP contribution in [-0.2, 0) is 5.41 Å². The fraction of sp³-hybridized carbons (Fsp3) is 0.385. The summed E-state index contributed by atoms with van der Waals surface area (Å²) in [5, 5.41) is 12.7. The van der Waals surface area contributed by atoms with Crippen LogP contribution < -0.4 is 20.1 Å². The van der Waals surface area contributed by atoms with Crippen molar-refractivity contribution in [1.29, 1.82) is 0 Å². The number of rotatable bonds is 4. The van der Waals surface area contributed by atoms with Gasteiger partial charge in [0, 0.05) is 48.7 Å². The Labute approximate surface area is 256 Å². The number of fused-ring (bicyclic) bond motifs is 4. The Morgan fingerprint density at radius 1 is 0.814 bits per heavy atom. The highest BCUT2D eigenvalue weighted by Gasteiger charge is 2.40. The predicted octanol–water partition coefficient (Wildman–Crippen LogP) is 7.00. The van der Waals surface area contributed by atoms with Crippen molar-refractivity contribution in [2.24, 2.45) is 0 Å². The number of anilines is 1. The van der Waals surface area contributed by atoms with E-state index >= 15 is 0 Å². The van der Waals surface area contributed by atoms with Crippen LogP contribution in [0.2, 0.25) is 0 Å². The van der Waals surface area contributed by atoms with E-state index in [1.54, 1.807) is 6.07 Å². The number of carboxylic acids is 1. The first-order chi connectivity index (χ1) is 20.1. The number of hydrogen-bond donors (Lipinski definition) is 1. The maximum absolute atomic E-state index is 12.6. The zero-order valence-corrected chi connectivity index (χ0v) is 27.4. The highest BCUT2D eigenvalue weighted by atomic mass is 16.4. The van der Waals surface area contributed by atoms with Crippen LogP contribution in [0.1, 0.15) is 113 Å². The number of hydrogen-bond acceptors (Lipinski definition) is 2. The minimum Gasteiger partial charge on any atom is -0.478 e. The Hall–Kier alpha value is -3.92. The Morgan fingerprint density at radius 2 is 1.49 bits per heavy atom. The third-order valence-electron chi connectivity index (χ3n) is 10.2. The molecule has 3 aromatic carbocycles. The summed E-state index contributed by atoms with van der Waals surface area (Å²) in [4.78, 5) is 15.1. The maximum Gasteiger partial charge on any atom is 0.336 e. The quantitative estimate of drug-likeness (QED) is 0.342. The number of aromatic carboxylic acids is 1. The number of nitrogens with zero attached hydrogens (tertiary/aromatic N) is 2. The molecule has 1 N–H and O–H groups in total. The van der Waals surface area contributed by atoms with E-state index in [0.717, 1.165) is 35.0 Å². The first kappa shape index (κ1) is 29.2. The van der Waals surface area contributed by atoms with Gasteiger partial charge >= 0.3 is 5.97 Å². The average molecular weight is 574 g/mol. The lowest BCUT2D eigenvalue weighted by Gasteiger charge is -2.45. The van der Waals surface area contributed by atoms with Gasteiger partial charge in [-0.25, -0.2) is 9.37 Å². The van der Waals surface area contributed by atoms with E-state index in [-0.39, 0.29) is 16.5 Å². The zero-order chi connectivity index (χ0) is 31.2. The molecule has 0 aromatic heterocycles. The number of likely N-dealkylation sites (N-methyl/N-ethyl adjacent to an activating group) is 2. The Bertz CT molecular complexity index is 1920. The molecule has 3 aliphatic rings. The molecule has 222 valence electrons. The topological polar surface area (TPSA) is 43.6 Å². The lowest BCUT2D eigenvalue weighted by molar-refractivity contribution is 0.0696. The van der Waals surface area contributed by atoms with Gasteiger partial charge in [0.25, 0.3) is 0 Å². The van der Waals surface area contributed by atoms with E-state index in [2.05, 4.69) is 115 Å². The zero-order valence-electron chi connectivity index (χ0n) is 27.4. The van der Waals surface area contributed by atoms with Gasteiger partial charge in [0.2, 0.25) is 5.36 Å². The van der Waals surface area contributed by atoms with Crippen LogP contribution >= 0.6 is 0 Å². The van der Waals surface area contributed by atoms with Gasteiger partial charge in [-0.15, -0.1) is 0 Å². The van der Waals surface area contributed by atoms with Crippen LogP contribution in [0.15, 0.2) is 60.7 Å². The number of carbonyl (C=O) groups is 1. The third kappa shape index (κ3) is 4.17. The van der Waals surface area contributed by atoms with E-state index in [0.29, 0.717) is 5.56 Å². The number of allylic oxidation sites excluding steroid dienone is 2. The average Bonchev–Trinajstić information content (AvgIpc) is 2.92. The molecule has 4 heteroatoms. The monoisotopic (exact) mass is 573 g/mol. The molecule has 6 rings (SSSR count). The summed E-state index contributed by atoms with van der Waals surface area (Å²) in [6.45, 7) is 24.5. The highest BCUT2D eigenvalue weighted by molar-refractivity contribution is 5.99. The first-order valence-corrected chi connectivity index (χ1v) is 15.7. The SMILES string of the molecule is CCN1c2cc3c(cc2C(C)=CC1(C)C)C(c1ccccc1C(=O)O)=c1cc2c(cc1C3(C)C)=[N+](CC)C(C)(C)C=C2C. The second-order valence-electron chi connectivity index (χ2n) is 14.1. The van der Waals surface area contributed by atoms with Crippen LogP contribution in [-0.4, -0.2) is 35.2 Å². The number of carboxylic acid groups (broad SMARTS) is 1. The minimum absolute atomic E-state index is 0.102. The van der Waals surface area contributed by atoms with Gasteiger partial charge in [0.1, 0.15) is 6.54 Å². The fourth-order valence-corrected chi connectivity index (χ4v) is 8.32. The van der Waals surface area contributed by atoms with Crippen LogP contribution in [0.3, 0.4) is 0 Å². The molecule has 0 fully saturated rings. The maximum atomic E-state index is 12.6. The molecular formula is C39H45N2O2+. The summed E-state index contributed by atoms with van der Waals surface area (Å²) < 4.78 is 2.49. The predicted molar refractivity (Wildman–Crippen MR) is 180 cm³/mol. The Morgan fingerprint density at radius 3 is 2.14 bits per heavy atom. The van der Waals surface area contributed by atoms with Gasteiger partial charge < -0.3 is 10.0 Å². The summed E-state index contributed by atoms with van der Waals surface area (Å²) in [6, 6.07) is 17.0. The van der Waals surface area contributed by atoms with E-state index in [1.165, 1.54) is 44.4 Å². The van der Waals surface area contributed by atoms with Crippen LogP contribution in [0.4, 0.5) is 5.69 Å². The van der Waals surface area contributed by atoms with Gasteiger partial charge in [0.15, 0.2) is 5.54 Å². The molecule has 2 aliphatic heterocycles. The summed E-state index contributed by atoms with van der Waals surface area (Å²) in [5.74, 6) is -0.906. The van der Waals surface area contributed by atoms with E-state index in [1.807, 2.05) is 18.2 Å². The van der Waals surface area contributed by atoms with Crippen LogP contribution in [0, 0.1) is 0 Å². The molecule has 2 heterocycles. The summed E-state index contributed by atoms with van der Waals surface area (Å²) >= 11 is 0. The second kappa shape index (κ2) is 9.54. The standard InChI is InChI=1S/C39H44N2O2/c1-11-40-33-19-31-29(17-27(33)23(3)21-37(40,5)6)35(25-15-13-14-16-26(25)36(42)43)30-18-28-24(4)22-38(7,8)41(12-2)34(28)20-32(30)39(31,9)10/h13-22H,11-12H2,1-10H3/p+1. The smallest absolute Gasteiger partial charge is 0.336 e. The van der Waals surface area contributed by atoms with Gasteiger partial charge in [0.05, 0.1) is 11.1 Å². The molecule has 0 unspecified atom stereocenters. The lowest BCUT2D eigenvalue weighted by Crippen LogP contribution is -2.50. The van der Waals surface area contributed by atoms with Crippen molar-refractivity contribution < 1.29 is 9.90 Å². The third-order valence-corrected chi connectivity index (χ3v) is 10.2. The molecule has 0 atom stereocenters. The largest absolute Gasteiger partial charge is 0.478 e. The normalized spacial score (nSPS) is 19.1. The second-order valence-corrected chi connectivity index (χ2v) is 14.1. The summed E-state index contributed by atoms with van der Waals surface area (Å²) in [7, 11) is 0. The number of benzene rings is 3. The molecule has 0 amide bonds. The Balaban J connectivity index is 1.84. The van der Waals surface area contributed by atoms with Crippen molar-refractivity contribution in [1.82, 2.24) is 4.58 Å². The molecule has 1 aliphatic carbocycles.